The summed E-state index contributed by atoms with van der Waals surface area (Å²) in [7, 11) is 0. The zero-order valence-corrected chi connectivity index (χ0v) is 12.9. The van der Waals surface area contributed by atoms with Crippen molar-refractivity contribution < 1.29 is 4.92 Å². The van der Waals surface area contributed by atoms with E-state index in [4.69, 9.17) is 16.7 Å². The lowest BCUT2D eigenvalue weighted by molar-refractivity contribution is -0.384. The third-order valence-electron chi connectivity index (χ3n) is 3.03. The minimum absolute atomic E-state index is 0.0717. The van der Waals surface area contributed by atoms with Crippen molar-refractivity contribution in [1.82, 2.24) is 15.0 Å². The molecule has 9 heteroatoms. The molecule has 25 heavy (non-hydrogen) atoms. The van der Waals surface area contributed by atoms with Crippen molar-refractivity contribution in [2.24, 2.45) is 0 Å². The highest BCUT2D eigenvalue weighted by Crippen LogP contribution is 2.22. The van der Waals surface area contributed by atoms with Crippen LogP contribution in [-0.2, 0) is 0 Å². The molecule has 0 saturated carbocycles. The standard InChI is InChI=1S/C13H8N2O2.C3H5N5/c14-9-10-1-3-11(4-2-10)12-5-7-13(8-6-12)15(16)17;4-2-6-1-7-3(5)8-2/h1-8H;1H,(H4,4,5,6,7,8). The molecule has 9 nitrogen and oxygen atoms in total. The van der Waals surface area contributed by atoms with Crippen molar-refractivity contribution in [3.8, 4) is 17.2 Å². The van der Waals surface area contributed by atoms with Crippen LogP contribution in [0.1, 0.15) is 5.56 Å². The maximum absolute atomic E-state index is 10.5. The number of nitro groups is 1. The zero-order valence-electron chi connectivity index (χ0n) is 12.9. The molecule has 124 valence electrons. The molecule has 3 aromatic rings. The predicted molar refractivity (Wildman–Crippen MR) is 91.9 cm³/mol. The van der Waals surface area contributed by atoms with Gasteiger partial charge in [0.1, 0.15) is 6.33 Å². The minimum Gasteiger partial charge on any atom is -0.368 e. The SMILES string of the molecule is N#Cc1ccc(-c2ccc([N+](=O)[O-])cc2)cc1.Nc1ncnc(N)n1. The molecule has 0 spiro atoms. The second-order valence-corrected chi connectivity index (χ2v) is 4.70. The largest absolute Gasteiger partial charge is 0.368 e. The zero-order chi connectivity index (χ0) is 18.2. The van der Waals surface area contributed by atoms with E-state index in [9.17, 15) is 10.1 Å². The van der Waals surface area contributed by atoms with Gasteiger partial charge in [-0.25, -0.2) is 9.97 Å². The molecule has 0 saturated heterocycles. The van der Waals surface area contributed by atoms with Gasteiger partial charge < -0.3 is 11.5 Å². The maximum Gasteiger partial charge on any atom is 0.269 e. The summed E-state index contributed by atoms with van der Waals surface area (Å²) >= 11 is 0. The van der Waals surface area contributed by atoms with Crippen LogP contribution in [0, 0.1) is 21.4 Å². The maximum atomic E-state index is 10.5. The Labute approximate surface area is 142 Å². The summed E-state index contributed by atoms with van der Waals surface area (Å²) in [5, 5.41) is 19.2. The van der Waals surface area contributed by atoms with Crippen LogP contribution in [0.4, 0.5) is 17.6 Å². The lowest BCUT2D eigenvalue weighted by Gasteiger charge is -2.00. The molecular weight excluding hydrogens is 322 g/mol. The highest BCUT2D eigenvalue weighted by molar-refractivity contribution is 5.65. The molecule has 0 unspecified atom stereocenters. The molecule has 0 fully saturated rings. The average molecular weight is 335 g/mol. The van der Waals surface area contributed by atoms with Gasteiger partial charge in [-0.2, -0.15) is 10.2 Å². The van der Waals surface area contributed by atoms with E-state index >= 15 is 0 Å². The Morgan fingerprint density at radius 2 is 1.40 bits per heavy atom. The van der Waals surface area contributed by atoms with Gasteiger partial charge in [-0.05, 0) is 35.4 Å². The van der Waals surface area contributed by atoms with Crippen molar-refractivity contribution in [3.63, 3.8) is 0 Å². The molecular formula is C16H13N7O2. The molecule has 0 atom stereocenters. The van der Waals surface area contributed by atoms with Crippen molar-refractivity contribution in [1.29, 1.82) is 5.26 Å². The van der Waals surface area contributed by atoms with Gasteiger partial charge >= 0.3 is 0 Å². The Balaban J connectivity index is 0.000000236. The molecule has 3 rings (SSSR count). The van der Waals surface area contributed by atoms with E-state index in [2.05, 4.69) is 15.0 Å². The molecule has 0 aliphatic heterocycles. The van der Waals surface area contributed by atoms with E-state index in [1.807, 2.05) is 18.2 Å². The van der Waals surface area contributed by atoms with E-state index in [0.717, 1.165) is 11.1 Å². The van der Waals surface area contributed by atoms with Crippen LogP contribution in [0.3, 0.4) is 0 Å². The Morgan fingerprint density at radius 1 is 0.920 bits per heavy atom. The number of anilines is 2. The van der Waals surface area contributed by atoms with Gasteiger partial charge in [0.05, 0.1) is 16.6 Å². The first-order valence-electron chi connectivity index (χ1n) is 6.94. The highest BCUT2D eigenvalue weighted by Gasteiger charge is 2.04. The van der Waals surface area contributed by atoms with Crippen LogP contribution >= 0.6 is 0 Å². The lowest BCUT2D eigenvalue weighted by Crippen LogP contribution is -2.00. The fourth-order valence-corrected chi connectivity index (χ4v) is 1.84. The Bertz CT molecular complexity index is 886. The smallest absolute Gasteiger partial charge is 0.269 e. The third-order valence-corrected chi connectivity index (χ3v) is 3.03. The topological polar surface area (TPSA) is 158 Å². The van der Waals surface area contributed by atoms with Gasteiger partial charge in [0.15, 0.2) is 0 Å². The van der Waals surface area contributed by atoms with Crippen LogP contribution in [0.5, 0.6) is 0 Å². The van der Waals surface area contributed by atoms with Gasteiger partial charge in [-0.3, -0.25) is 10.1 Å². The molecule has 0 radical (unpaired) electrons. The van der Waals surface area contributed by atoms with Crippen LogP contribution in [-0.4, -0.2) is 19.9 Å². The second-order valence-electron chi connectivity index (χ2n) is 4.70. The van der Waals surface area contributed by atoms with Crippen molar-refractivity contribution >= 4 is 17.6 Å². The Kier molecular flexibility index (Phi) is 5.52. The number of nitrogens with zero attached hydrogens (tertiary/aromatic N) is 5. The van der Waals surface area contributed by atoms with Crippen molar-refractivity contribution in [2.75, 3.05) is 11.5 Å². The summed E-state index contributed by atoms with van der Waals surface area (Å²) in [5.41, 5.74) is 12.7. The summed E-state index contributed by atoms with van der Waals surface area (Å²) < 4.78 is 0. The van der Waals surface area contributed by atoms with Crippen LogP contribution in [0.25, 0.3) is 11.1 Å². The van der Waals surface area contributed by atoms with Gasteiger partial charge in [-0.15, -0.1) is 0 Å². The fraction of sp³-hybridized carbons (Fsp3) is 0. The molecule has 0 aliphatic carbocycles. The number of nitro benzene ring substituents is 1. The number of rotatable bonds is 2. The van der Waals surface area contributed by atoms with E-state index < -0.39 is 4.92 Å². The van der Waals surface area contributed by atoms with Crippen LogP contribution < -0.4 is 11.5 Å². The number of non-ortho nitro benzene ring substituents is 1. The number of nitrogens with two attached hydrogens (primary N) is 2. The third kappa shape index (κ3) is 4.97. The second kappa shape index (κ2) is 7.98. The van der Waals surface area contributed by atoms with Gasteiger partial charge in [0, 0.05) is 12.1 Å². The monoisotopic (exact) mass is 335 g/mol. The number of benzene rings is 2. The van der Waals surface area contributed by atoms with E-state index in [1.54, 1.807) is 24.3 Å². The lowest BCUT2D eigenvalue weighted by atomic mass is 10.0. The molecule has 4 N–H and O–H groups in total. The van der Waals surface area contributed by atoms with Crippen LogP contribution in [0.15, 0.2) is 54.9 Å². The summed E-state index contributed by atoms with van der Waals surface area (Å²) in [6, 6.07) is 15.4. The summed E-state index contributed by atoms with van der Waals surface area (Å²) in [6.07, 6.45) is 1.26. The highest BCUT2D eigenvalue weighted by atomic mass is 16.6. The first-order valence-corrected chi connectivity index (χ1v) is 6.94. The normalized spacial score (nSPS) is 9.40. The van der Waals surface area contributed by atoms with Gasteiger partial charge in [0.25, 0.3) is 5.69 Å². The van der Waals surface area contributed by atoms with E-state index in [0.29, 0.717) is 5.56 Å². The number of aromatic nitrogens is 3. The molecule has 1 aromatic heterocycles. The molecule has 2 aromatic carbocycles. The summed E-state index contributed by atoms with van der Waals surface area (Å²) in [4.78, 5) is 20.6. The number of nitrogen functional groups attached to an aromatic ring is 2. The average Bonchev–Trinajstić information content (AvgIpc) is 2.62. The van der Waals surface area contributed by atoms with Crippen molar-refractivity contribution in [2.45, 2.75) is 0 Å². The van der Waals surface area contributed by atoms with Gasteiger partial charge in [-0.1, -0.05) is 12.1 Å². The number of hydrogen-bond acceptors (Lipinski definition) is 8. The minimum atomic E-state index is -0.428. The molecule has 1 heterocycles. The first kappa shape index (κ1) is 17.3. The predicted octanol–water partition coefficient (Wildman–Crippen LogP) is 2.17. The number of nitriles is 1. The van der Waals surface area contributed by atoms with E-state index in [1.165, 1.54) is 18.5 Å². The van der Waals surface area contributed by atoms with Crippen molar-refractivity contribution in [3.05, 3.63) is 70.5 Å². The quantitative estimate of drug-likeness (QED) is 0.532. The molecule has 0 bridgehead atoms. The van der Waals surface area contributed by atoms with Crippen LogP contribution in [0.2, 0.25) is 0 Å². The first-order chi connectivity index (χ1) is 12.0. The summed E-state index contributed by atoms with van der Waals surface area (Å²) in [5.74, 6) is 0.301. The molecule has 0 amide bonds. The molecule has 0 aliphatic rings. The van der Waals surface area contributed by atoms with Gasteiger partial charge in [0.2, 0.25) is 11.9 Å². The van der Waals surface area contributed by atoms with E-state index in [-0.39, 0.29) is 17.6 Å². The summed E-state index contributed by atoms with van der Waals surface area (Å²) in [6.45, 7) is 0. The Hall–Kier alpha value is -4.06. The number of hydrogen-bond donors (Lipinski definition) is 2. The fourth-order valence-electron chi connectivity index (χ4n) is 1.84. The Morgan fingerprint density at radius 3 is 1.76 bits per heavy atom.